The molecule has 1 heterocycles. The van der Waals surface area contributed by atoms with Crippen LogP contribution in [0.15, 0.2) is 36.4 Å². The topological polar surface area (TPSA) is 25.8 Å². The van der Waals surface area contributed by atoms with Gasteiger partial charge in [-0.05, 0) is 24.3 Å². The van der Waals surface area contributed by atoms with Gasteiger partial charge in [0.15, 0.2) is 0 Å². The molecule has 3 aromatic rings. The Morgan fingerprint density at radius 2 is 1.44 bits per heavy atom. The summed E-state index contributed by atoms with van der Waals surface area (Å²) in [4.78, 5) is 8.93. The molecule has 0 amide bonds. The van der Waals surface area contributed by atoms with Gasteiger partial charge in [0, 0.05) is 0 Å². The van der Waals surface area contributed by atoms with Crippen molar-refractivity contribution in [2.45, 2.75) is 0 Å². The Morgan fingerprint density at radius 1 is 0.750 bits per heavy atom. The fourth-order valence-corrected chi connectivity index (χ4v) is 1.98. The predicted molar refractivity (Wildman–Crippen MR) is 67.1 cm³/mol. The van der Waals surface area contributed by atoms with Gasteiger partial charge in [-0.3, -0.25) is 0 Å². The zero-order valence-electron chi connectivity index (χ0n) is 8.11. The third-order valence-electron chi connectivity index (χ3n) is 2.40. The first kappa shape index (κ1) is 9.82. The second kappa shape index (κ2) is 3.58. The zero-order valence-corrected chi connectivity index (χ0v) is 9.63. The molecule has 2 aromatic carbocycles. The second-order valence-electron chi connectivity index (χ2n) is 3.44. The Balaban J connectivity index is 2.51. The van der Waals surface area contributed by atoms with Gasteiger partial charge in [-0.25, -0.2) is 9.97 Å². The summed E-state index contributed by atoms with van der Waals surface area (Å²) in [5.41, 5.74) is 3.08. The lowest BCUT2D eigenvalue weighted by Crippen LogP contribution is -1.88. The van der Waals surface area contributed by atoms with E-state index in [2.05, 4.69) is 9.97 Å². The number of para-hydroxylation sites is 2. The number of hydrogen-bond acceptors (Lipinski definition) is 2. The zero-order chi connectivity index (χ0) is 11.1. The van der Waals surface area contributed by atoms with E-state index in [0.717, 1.165) is 16.6 Å². The van der Waals surface area contributed by atoms with E-state index in [4.69, 9.17) is 23.2 Å². The molecule has 0 spiro atoms. The van der Waals surface area contributed by atoms with Crippen molar-refractivity contribution in [1.82, 2.24) is 9.97 Å². The van der Waals surface area contributed by atoms with Crippen molar-refractivity contribution >= 4 is 45.3 Å². The van der Waals surface area contributed by atoms with E-state index in [0.29, 0.717) is 15.6 Å². The third-order valence-corrected chi connectivity index (χ3v) is 3.20. The lowest BCUT2D eigenvalue weighted by Gasteiger charge is -2.03. The quantitative estimate of drug-likeness (QED) is 0.561. The first-order valence-electron chi connectivity index (χ1n) is 4.76. The third kappa shape index (κ3) is 1.42. The standard InChI is InChI=1S/C12H6Cl2N2/c13-7-5-6-10-12(11(7)14)16-9-4-2-1-3-8(9)15-10/h1-6H. The number of hydrogen-bond donors (Lipinski definition) is 0. The molecular formula is C12H6Cl2N2. The Bertz CT molecular complexity index is 695. The summed E-state index contributed by atoms with van der Waals surface area (Å²) in [5, 5.41) is 0.955. The molecule has 0 radical (unpaired) electrons. The van der Waals surface area contributed by atoms with Crippen LogP contribution in [-0.2, 0) is 0 Å². The lowest BCUT2D eigenvalue weighted by molar-refractivity contribution is 1.39. The maximum atomic E-state index is 6.09. The highest BCUT2D eigenvalue weighted by Crippen LogP contribution is 2.29. The number of rotatable bonds is 0. The molecule has 0 N–H and O–H groups in total. The number of halogens is 2. The smallest absolute Gasteiger partial charge is 0.110 e. The van der Waals surface area contributed by atoms with Gasteiger partial charge in [0.2, 0.25) is 0 Å². The van der Waals surface area contributed by atoms with E-state index in [1.807, 2.05) is 30.3 Å². The summed E-state index contributed by atoms with van der Waals surface area (Å²) in [5.74, 6) is 0. The number of fused-ring (bicyclic) bond motifs is 2. The molecule has 0 aliphatic rings. The fraction of sp³-hybridized carbons (Fsp3) is 0. The van der Waals surface area contributed by atoms with Crippen LogP contribution in [0, 0.1) is 0 Å². The van der Waals surface area contributed by atoms with Crippen LogP contribution in [0.2, 0.25) is 10.0 Å². The maximum absolute atomic E-state index is 6.09. The van der Waals surface area contributed by atoms with Crippen LogP contribution in [0.3, 0.4) is 0 Å². The fourth-order valence-electron chi connectivity index (χ4n) is 1.63. The number of aromatic nitrogens is 2. The first-order valence-corrected chi connectivity index (χ1v) is 5.52. The average molecular weight is 249 g/mol. The Hall–Kier alpha value is -1.38. The minimum absolute atomic E-state index is 0.456. The van der Waals surface area contributed by atoms with Gasteiger partial charge in [-0.2, -0.15) is 0 Å². The van der Waals surface area contributed by atoms with Gasteiger partial charge in [0.25, 0.3) is 0 Å². The van der Waals surface area contributed by atoms with Crippen molar-refractivity contribution in [2.24, 2.45) is 0 Å². The van der Waals surface area contributed by atoms with Crippen LogP contribution in [0.1, 0.15) is 0 Å². The summed E-state index contributed by atoms with van der Waals surface area (Å²) in [6.45, 7) is 0. The van der Waals surface area contributed by atoms with Crippen LogP contribution in [-0.4, -0.2) is 9.97 Å². The van der Waals surface area contributed by atoms with Crippen LogP contribution < -0.4 is 0 Å². The molecule has 0 fully saturated rings. The van der Waals surface area contributed by atoms with E-state index in [1.165, 1.54) is 0 Å². The van der Waals surface area contributed by atoms with Gasteiger partial charge >= 0.3 is 0 Å². The van der Waals surface area contributed by atoms with Crippen LogP contribution in [0.5, 0.6) is 0 Å². The molecule has 0 aliphatic heterocycles. The van der Waals surface area contributed by atoms with Crippen molar-refractivity contribution < 1.29 is 0 Å². The molecule has 0 bridgehead atoms. The van der Waals surface area contributed by atoms with E-state index < -0.39 is 0 Å². The molecule has 0 aliphatic carbocycles. The average Bonchev–Trinajstić information content (AvgIpc) is 2.32. The Labute approximate surface area is 102 Å². The van der Waals surface area contributed by atoms with E-state index in [-0.39, 0.29) is 0 Å². The maximum Gasteiger partial charge on any atom is 0.110 e. The van der Waals surface area contributed by atoms with Crippen LogP contribution >= 0.6 is 23.2 Å². The van der Waals surface area contributed by atoms with E-state index >= 15 is 0 Å². The van der Waals surface area contributed by atoms with Gasteiger partial charge in [-0.1, -0.05) is 35.3 Å². The lowest BCUT2D eigenvalue weighted by atomic mass is 10.2. The molecule has 0 saturated heterocycles. The van der Waals surface area contributed by atoms with Gasteiger partial charge < -0.3 is 0 Å². The minimum Gasteiger partial charge on any atom is -0.244 e. The molecule has 4 heteroatoms. The van der Waals surface area contributed by atoms with Gasteiger partial charge in [-0.15, -0.1) is 0 Å². The summed E-state index contributed by atoms with van der Waals surface area (Å²) in [6, 6.07) is 11.2. The minimum atomic E-state index is 0.456. The molecule has 0 saturated carbocycles. The highest BCUT2D eigenvalue weighted by atomic mass is 35.5. The SMILES string of the molecule is Clc1ccc2nc3ccccc3nc2c1Cl. The normalized spacial score (nSPS) is 11.1. The van der Waals surface area contributed by atoms with Crippen molar-refractivity contribution in [3.05, 3.63) is 46.4 Å². The largest absolute Gasteiger partial charge is 0.244 e. The molecule has 3 rings (SSSR count). The van der Waals surface area contributed by atoms with Crippen LogP contribution in [0.4, 0.5) is 0 Å². The van der Waals surface area contributed by atoms with Crippen molar-refractivity contribution in [2.75, 3.05) is 0 Å². The Morgan fingerprint density at radius 3 is 2.19 bits per heavy atom. The van der Waals surface area contributed by atoms with Crippen molar-refractivity contribution in [3.8, 4) is 0 Å². The molecule has 2 nitrogen and oxygen atoms in total. The summed E-state index contributed by atoms with van der Waals surface area (Å²) < 4.78 is 0. The Kier molecular flexibility index (Phi) is 2.20. The molecule has 1 aromatic heterocycles. The summed E-state index contributed by atoms with van der Waals surface area (Å²) in [6.07, 6.45) is 0. The summed E-state index contributed by atoms with van der Waals surface area (Å²) >= 11 is 12.0. The van der Waals surface area contributed by atoms with E-state index in [9.17, 15) is 0 Å². The molecular weight excluding hydrogens is 243 g/mol. The molecule has 0 unspecified atom stereocenters. The number of benzene rings is 2. The molecule has 16 heavy (non-hydrogen) atoms. The van der Waals surface area contributed by atoms with Crippen molar-refractivity contribution in [1.29, 1.82) is 0 Å². The van der Waals surface area contributed by atoms with Gasteiger partial charge in [0.05, 0.1) is 26.6 Å². The second-order valence-corrected chi connectivity index (χ2v) is 4.23. The van der Waals surface area contributed by atoms with Crippen molar-refractivity contribution in [3.63, 3.8) is 0 Å². The summed E-state index contributed by atoms with van der Waals surface area (Å²) in [7, 11) is 0. The monoisotopic (exact) mass is 248 g/mol. The molecule has 78 valence electrons. The van der Waals surface area contributed by atoms with Gasteiger partial charge in [0.1, 0.15) is 5.52 Å². The molecule has 0 atom stereocenters. The highest BCUT2D eigenvalue weighted by molar-refractivity contribution is 6.44. The van der Waals surface area contributed by atoms with E-state index in [1.54, 1.807) is 6.07 Å². The first-order chi connectivity index (χ1) is 7.75. The number of nitrogens with zero attached hydrogens (tertiary/aromatic N) is 2. The highest BCUT2D eigenvalue weighted by Gasteiger charge is 2.07. The van der Waals surface area contributed by atoms with Crippen LogP contribution in [0.25, 0.3) is 22.1 Å². The predicted octanol–water partition coefficient (Wildman–Crippen LogP) is 4.09.